The molecule has 0 fully saturated rings. The number of aromatic nitrogens is 24. The largest absolute Gasteiger partial charge is 0.497 e. The number of benzene rings is 1. The van der Waals surface area contributed by atoms with E-state index in [1.807, 2.05) is 73.1 Å². The van der Waals surface area contributed by atoms with E-state index in [9.17, 15) is 14.4 Å². The quantitative estimate of drug-likeness (QED) is 0.0731. The third-order valence-corrected chi connectivity index (χ3v) is 12.6. The molecule has 1 aromatic carbocycles. The summed E-state index contributed by atoms with van der Waals surface area (Å²) >= 11 is 6.81. The molecule has 0 aliphatic carbocycles. The van der Waals surface area contributed by atoms with E-state index in [1.54, 1.807) is 83.9 Å². The third kappa shape index (κ3) is 17.5. The molecule has 0 bridgehead atoms. The second kappa shape index (κ2) is 29.6. The van der Waals surface area contributed by atoms with Crippen LogP contribution in [0, 0.1) is 45.2 Å². The Morgan fingerprint density at radius 2 is 0.888 bits per heavy atom. The fourth-order valence-electron chi connectivity index (χ4n) is 7.86. The van der Waals surface area contributed by atoms with Crippen molar-refractivity contribution < 1.29 is 19.1 Å². The third-order valence-electron chi connectivity index (χ3n) is 11.9. The second-order valence-corrected chi connectivity index (χ2v) is 20.6. The lowest BCUT2D eigenvalue weighted by Gasteiger charge is -2.05. The molecule has 0 aliphatic rings. The van der Waals surface area contributed by atoms with Crippen LogP contribution in [0.3, 0.4) is 0 Å². The predicted molar refractivity (Wildman–Crippen MR) is 344 cm³/mol. The Hall–Kier alpha value is -10.7. The summed E-state index contributed by atoms with van der Waals surface area (Å²) < 4.78 is 13.0. The van der Waals surface area contributed by atoms with Gasteiger partial charge in [0.25, 0.3) is 0 Å². The number of fused-ring (bicyclic) bond motifs is 6. The van der Waals surface area contributed by atoms with E-state index in [4.69, 9.17) is 16.2 Å². The van der Waals surface area contributed by atoms with Gasteiger partial charge in [-0.1, -0.05) is 12.1 Å². The molecule has 462 valence electrons. The highest BCUT2D eigenvalue weighted by Gasteiger charge is 2.14. The topological polar surface area (TPSA) is 432 Å². The number of hydrogen-bond donors (Lipinski definition) is 7. The fourth-order valence-corrected chi connectivity index (χ4v) is 8.58. The highest BCUT2D eigenvalue weighted by Crippen LogP contribution is 2.23. The molecule has 9 N–H and O–H groups in total. The van der Waals surface area contributed by atoms with Crippen LogP contribution in [0.1, 0.15) is 61.3 Å². The number of carbonyl (C=O) groups excluding carboxylic acids is 3. The van der Waals surface area contributed by atoms with Gasteiger partial charge in [-0.3, -0.25) is 43.3 Å². The first-order chi connectivity index (χ1) is 42.3. The van der Waals surface area contributed by atoms with Crippen molar-refractivity contribution in [2.75, 3.05) is 34.5 Å². The van der Waals surface area contributed by atoms with Crippen LogP contribution < -0.4 is 32.2 Å². The van der Waals surface area contributed by atoms with Gasteiger partial charge in [-0.05, 0) is 93.4 Å². The Bertz CT molecular complexity index is 4540. The van der Waals surface area contributed by atoms with Gasteiger partial charge in [0.05, 0.1) is 44.3 Å². The van der Waals surface area contributed by atoms with Crippen LogP contribution in [0.5, 0.6) is 5.75 Å². The Balaban J connectivity index is 0.000000152. The van der Waals surface area contributed by atoms with Gasteiger partial charge in [0.1, 0.15) is 111 Å². The van der Waals surface area contributed by atoms with Crippen LogP contribution in [0.25, 0.3) is 66.2 Å². The number of anilines is 5. The molecule has 13 rings (SSSR count). The molecule has 0 radical (unpaired) electrons. The van der Waals surface area contributed by atoms with Gasteiger partial charge < -0.3 is 32.2 Å². The average Bonchev–Trinajstić information content (AvgIpc) is 1.88. The lowest BCUT2D eigenvalue weighted by molar-refractivity contribution is -0.115. The maximum Gasteiger partial charge on any atom is 0.222 e. The summed E-state index contributed by atoms with van der Waals surface area (Å²) in [4.78, 5) is 80.9. The SMILES string of the molecule is CC(=O)Cl.CC(=O)Nc1n[nH]c2cnc(C)nc12.CC(=O)Nc1nn(C)c2cnc(C)nc12.COc1ccc(CNc2nn(C)c3cnc(C)nc23)cc1.Cc1ncc2[nH]nc(N)c2n1.Cc1ncc2c(n1)c(I)nn2C.Cc1ncc2c(n1)c(N)nn2C. The molecule has 12 aromatic heterocycles. The number of amides is 2. The molecule has 0 atom stereocenters. The van der Waals surface area contributed by atoms with Crippen molar-refractivity contribution in [2.45, 2.75) is 68.9 Å². The summed E-state index contributed by atoms with van der Waals surface area (Å²) in [5.41, 5.74) is 21.8. The monoisotopic (exact) mass is 1340 g/mol. The van der Waals surface area contributed by atoms with Crippen molar-refractivity contribution in [3.63, 3.8) is 0 Å². The standard InChI is InChI=1S/C15H17N5O.C9H11N5O.C8H9N5O.C7H7IN4.C7H9N5.C6H7N5.C2H3ClO/c1-10-16-9-13-14(18-10)15(19-20(13)2)17-8-11-4-6-12(21-3)7-5-11;1-5-10-4-7-8(11-5)9(12-6(2)15)13-14(7)3;1-4-9-3-6-7(10-4)8(13-12-6)11-5(2)14;2*1-4-9-3-5-6(10-4)7(8)11-12(5)2;1-3-8-2-4-5(9-3)6(7)11-10-4;1-2(3)4/h4-7,9H,8H2,1-3H3,(H,17,19);4H,1-3H3,(H,12,13,15);3H,1-2H3,(H2,11,12,13,14);3H,1-2H3;3H,1-2H3,(H2,8,11);2H,1H3,(H3,7,10,11);1H3. The number of hydrogen-bond acceptors (Lipinski definition) is 25. The van der Waals surface area contributed by atoms with E-state index in [0.717, 1.165) is 76.6 Å². The van der Waals surface area contributed by atoms with Crippen molar-refractivity contribution in [3.8, 4) is 5.75 Å². The number of aromatic amines is 2. The minimum atomic E-state index is -0.361. The highest BCUT2D eigenvalue weighted by molar-refractivity contribution is 14.1. The van der Waals surface area contributed by atoms with Gasteiger partial charge >= 0.3 is 0 Å². The number of H-pyrrole nitrogens is 2. The number of nitrogen functional groups attached to an aromatic ring is 2. The zero-order valence-corrected chi connectivity index (χ0v) is 53.8. The van der Waals surface area contributed by atoms with Crippen LogP contribution in [0.4, 0.5) is 29.1 Å². The molecule has 89 heavy (non-hydrogen) atoms. The molecule has 0 unspecified atom stereocenters. The Kier molecular flexibility index (Phi) is 21.9. The summed E-state index contributed by atoms with van der Waals surface area (Å²) in [6.07, 6.45) is 10.3. The van der Waals surface area contributed by atoms with E-state index in [2.05, 4.69) is 151 Å². The molecular weight excluding hydrogens is 1280 g/mol. The van der Waals surface area contributed by atoms with Crippen molar-refractivity contribution in [3.05, 3.63) is 106 Å². The normalized spacial score (nSPS) is 10.5. The molecule has 0 spiro atoms. The molecule has 12 heterocycles. The number of carbonyl (C=O) groups is 3. The Labute approximate surface area is 525 Å². The lowest BCUT2D eigenvalue weighted by Crippen LogP contribution is -2.07. The van der Waals surface area contributed by atoms with Gasteiger partial charge in [0.2, 0.25) is 17.1 Å². The van der Waals surface area contributed by atoms with E-state index in [1.165, 1.54) is 20.8 Å². The van der Waals surface area contributed by atoms with Crippen molar-refractivity contribution >= 4 is 147 Å². The summed E-state index contributed by atoms with van der Waals surface area (Å²) in [6.45, 7) is 15.8. The van der Waals surface area contributed by atoms with Gasteiger partial charge in [0.15, 0.2) is 29.1 Å². The highest BCUT2D eigenvalue weighted by atomic mass is 127. The Morgan fingerprint density at radius 3 is 1.40 bits per heavy atom. The first-order valence-electron chi connectivity index (χ1n) is 26.5. The first kappa shape index (κ1) is 65.9. The van der Waals surface area contributed by atoms with Gasteiger partial charge in [0, 0.05) is 55.5 Å². The zero-order chi connectivity index (χ0) is 64.8. The molecule has 0 saturated carbocycles. The number of methoxy groups -OCH3 is 1. The van der Waals surface area contributed by atoms with E-state index in [-0.39, 0.29) is 17.1 Å². The number of ether oxygens (including phenoxy) is 1. The van der Waals surface area contributed by atoms with Crippen molar-refractivity contribution in [1.82, 2.24) is 119 Å². The number of nitrogens with two attached hydrogens (primary N) is 2. The Morgan fingerprint density at radius 1 is 0.506 bits per heavy atom. The van der Waals surface area contributed by atoms with Crippen molar-refractivity contribution in [1.29, 1.82) is 0 Å². The van der Waals surface area contributed by atoms with E-state index >= 15 is 0 Å². The maximum absolute atomic E-state index is 10.9. The van der Waals surface area contributed by atoms with E-state index < -0.39 is 0 Å². The van der Waals surface area contributed by atoms with E-state index in [0.29, 0.717) is 75.2 Å². The molecule has 33 nitrogen and oxygen atoms in total. The number of aryl methyl sites for hydroxylation is 10. The molecule has 0 aliphatic heterocycles. The zero-order valence-electron chi connectivity index (χ0n) is 50.9. The van der Waals surface area contributed by atoms with Crippen LogP contribution in [0.2, 0.25) is 0 Å². The summed E-state index contributed by atoms with van der Waals surface area (Å²) in [5.74, 6) is 7.32. The summed E-state index contributed by atoms with van der Waals surface area (Å²) in [6, 6.07) is 7.94. The molecule has 35 heteroatoms. The van der Waals surface area contributed by atoms with Gasteiger partial charge in [-0.25, -0.2) is 59.8 Å². The molecule has 0 saturated heterocycles. The van der Waals surface area contributed by atoms with Crippen LogP contribution in [-0.2, 0) is 49.1 Å². The van der Waals surface area contributed by atoms with Crippen LogP contribution in [0.15, 0.2) is 61.4 Å². The molecular formula is C54H63ClIN29O4. The molecule has 2 amide bonds. The number of rotatable bonds is 6. The number of nitrogens with one attached hydrogen (secondary N) is 5. The fraction of sp³-hybridized carbons (Fsp3) is 0.278. The van der Waals surface area contributed by atoms with Crippen LogP contribution in [-0.4, -0.2) is 143 Å². The van der Waals surface area contributed by atoms with Crippen molar-refractivity contribution in [2.24, 2.45) is 28.2 Å². The van der Waals surface area contributed by atoms with Gasteiger partial charge in [-0.15, -0.1) is 0 Å². The molecule has 13 aromatic rings. The number of halogens is 2. The average molecular weight is 1340 g/mol. The summed E-state index contributed by atoms with van der Waals surface area (Å²) in [7, 11) is 9.04. The summed E-state index contributed by atoms with van der Waals surface area (Å²) in [5, 5.41) is 38.2. The smallest absolute Gasteiger partial charge is 0.222 e. The van der Waals surface area contributed by atoms with Crippen LogP contribution >= 0.6 is 34.2 Å². The first-order valence-corrected chi connectivity index (χ1v) is 28.0. The minimum absolute atomic E-state index is 0.161. The maximum atomic E-state index is 10.9. The second-order valence-electron chi connectivity index (χ2n) is 19.0. The lowest BCUT2D eigenvalue weighted by atomic mass is 10.2. The predicted octanol–water partition coefficient (Wildman–Crippen LogP) is 6.09. The van der Waals surface area contributed by atoms with Gasteiger partial charge in [-0.2, -0.15) is 30.6 Å². The number of nitrogens with zero attached hydrogens (tertiary/aromatic N) is 22. The minimum Gasteiger partial charge on any atom is -0.497 e.